The van der Waals surface area contributed by atoms with Crippen LogP contribution in [-0.4, -0.2) is 47.6 Å². The molecular weight excluding hydrogens is 378 g/mol. The van der Waals surface area contributed by atoms with Gasteiger partial charge in [-0.1, -0.05) is 36.4 Å². The number of nitrogens with one attached hydrogen (secondary N) is 1. The molecule has 0 bridgehead atoms. The second kappa shape index (κ2) is 8.97. The number of nitrogens with zero attached hydrogens (tertiary/aromatic N) is 2. The van der Waals surface area contributed by atoms with Crippen molar-refractivity contribution in [2.24, 2.45) is 0 Å². The largest absolute Gasteiger partial charge is 0.378 e. The van der Waals surface area contributed by atoms with E-state index in [0.717, 1.165) is 23.0 Å². The van der Waals surface area contributed by atoms with Crippen molar-refractivity contribution in [1.29, 1.82) is 0 Å². The van der Waals surface area contributed by atoms with E-state index in [0.29, 0.717) is 31.9 Å². The molecule has 1 aliphatic heterocycles. The molecular formula is C24H25N3O3. The lowest BCUT2D eigenvalue weighted by molar-refractivity contribution is -0.131. The minimum absolute atomic E-state index is 0.198. The van der Waals surface area contributed by atoms with Gasteiger partial charge in [0.15, 0.2) is 0 Å². The number of aryl methyl sites for hydroxylation is 1. The van der Waals surface area contributed by atoms with Crippen LogP contribution in [-0.2, 0) is 16.1 Å². The zero-order valence-electron chi connectivity index (χ0n) is 17.0. The fraction of sp³-hybridized carbons (Fsp3) is 0.250. The topological polar surface area (TPSA) is 63.6 Å². The zero-order chi connectivity index (χ0) is 20.9. The molecule has 1 aromatic heterocycles. The van der Waals surface area contributed by atoms with Crippen LogP contribution in [0.25, 0.3) is 17.0 Å². The number of ether oxygens (including phenoxy) is 1. The maximum Gasteiger partial charge on any atom is 0.270 e. The van der Waals surface area contributed by atoms with Gasteiger partial charge in [0, 0.05) is 47.9 Å². The summed E-state index contributed by atoms with van der Waals surface area (Å²) in [5.74, 6) is -0.501. The maximum absolute atomic E-state index is 13.3. The first-order chi connectivity index (χ1) is 14.7. The van der Waals surface area contributed by atoms with Crippen molar-refractivity contribution >= 4 is 28.8 Å². The summed E-state index contributed by atoms with van der Waals surface area (Å²) in [5.41, 5.74) is 2.77. The van der Waals surface area contributed by atoms with Gasteiger partial charge in [0.1, 0.15) is 5.70 Å². The lowest BCUT2D eigenvalue weighted by Crippen LogP contribution is -2.44. The number of amides is 2. The van der Waals surface area contributed by atoms with E-state index in [9.17, 15) is 9.59 Å². The lowest BCUT2D eigenvalue weighted by Gasteiger charge is -2.27. The zero-order valence-corrected chi connectivity index (χ0v) is 17.0. The van der Waals surface area contributed by atoms with E-state index in [2.05, 4.69) is 22.9 Å². The van der Waals surface area contributed by atoms with E-state index in [1.807, 2.05) is 30.5 Å². The predicted molar refractivity (Wildman–Crippen MR) is 117 cm³/mol. The number of rotatable bonds is 5. The number of benzene rings is 2. The van der Waals surface area contributed by atoms with E-state index in [1.54, 1.807) is 35.2 Å². The molecule has 1 fully saturated rings. The summed E-state index contributed by atoms with van der Waals surface area (Å²) in [4.78, 5) is 27.8. The normalized spacial score (nSPS) is 14.7. The van der Waals surface area contributed by atoms with Crippen LogP contribution in [0, 0.1) is 0 Å². The van der Waals surface area contributed by atoms with Crippen LogP contribution < -0.4 is 5.32 Å². The molecule has 2 heterocycles. The number of carbonyl (C=O) groups excluding carboxylic acids is 2. The Kier molecular flexibility index (Phi) is 5.95. The van der Waals surface area contributed by atoms with E-state index in [1.165, 1.54) is 0 Å². The third kappa shape index (κ3) is 4.14. The Morgan fingerprint density at radius 1 is 1.03 bits per heavy atom. The number of morpholine rings is 1. The van der Waals surface area contributed by atoms with Gasteiger partial charge in [-0.05, 0) is 31.2 Å². The van der Waals surface area contributed by atoms with Crippen molar-refractivity contribution in [2.45, 2.75) is 13.5 Å². The van der Waals surface area contributed by atoms with Crippen LogP contribution in [0.1, 0.15) is 22.8 Å². The molecule has 0 saturated carbocycles. The average molecular weight is 403 g/mol. The molecule has 3 aromatic rings. The third-order valence-electron chi connectivity index (χ3n) is 5.27. The Bertz CT molecular complexity index is 1080. The van der Waals surface area contributed by atoms with Crippen molar-refractivity contribution in [3.8, 4) is 0 Å². The van der Waals surface area contributed by atoms with Crippen molar-refractivity contribution < 1.29 is 14.3 Å². The molecule has 0 spiro atoms. The Hall–Kier alpha value is -3.38. The summed E-state index contributed by atoms with van der Waals surface area (Å²) >= 11 is 0. The minimum atomic E-state index is -0.303. The fourth-order valence-corrected chi connectivity index (χ4v) is 3.68. The van der Waals surface area contributed by atoms with Crippen LogP contribution in [0.5, 0.6) is 0 Å². The fourth-order valence-electron chi connectivity index (χ4n) is 3.68. The highest BCUT2D eigenvalue weighted by molar-refractivity contribution is 6.06. The Labute approximate surface area is 175 Å². The quantitative estimate of drug-likeness (QED) is 0.665. The number of fused-ring (bicyclic) bond motifs is 1. The predicted octanol–water partition coefficient (Wildman–Crippen LogP) is 3.29. The second-order valence-corrected chi connectivity index (χ2v) is 7.17. The lowest BCUT2D eigenvalue weighted by atomic mass is 10.1. The molecule has 1 aliphatic rings. The van der Waals surface area contributed by atoms with Crippen LogP contribution in [0.3, 0.4) is 0 Å². The molecule has 4 rings (SSSR count). The smallest absolute Gasteiger partial charge is 0.270 e. The second-order valence-electron chi connectivity index (χ2n) is 7.17. The van der Waals surface area contributed by atoms with Gasteiger partial charge in [-0.15, -0.1) is 0 Å². The molecule has 154 valence electrons. The molecule has 1 saturated heterocycles. The summed E-state index contributed by atoms with van der Waals surface area (Å²) in [5, 5.41) is 3.89. The number of hydrogen-bond donors (Lipinski definition) is 1. The van der Waals surface area contributed by atoms with E-state index in [4.69, 9.17) is 4.74 Å². The van der Waals surface area contributed by atoms with Gasteiger partial charge in [-0.25, -0.2) is 0 Å². The van der Waals surface area contributed by atoms with Crippen molar-refractivity contribution in [2.75, 3.05) is 26.3 Å². The first kappa shape index (κ1) is 19.9. The van der Waals surface area contributed by atoms with Gasteiger partial charge in [-0.3, -0.25) is 9.59 Å². The van der Waals surface area contributed by atoms with Crippen molar-refractivity contribution in [3.63, 3.8) is 0 Å². The number of aromatic nitrogens is 1. The van der Waals surface area contributed by atoms with E-state index < -0.39 is 0 Å². The van der Waals surface area contributed by atoms with Crippen molar-refractivity contribution in [3.05, 3.63) is 77.6 Å². The highest BCUT2D eigenvalue weighted by Crippen LogP contribution is 2.24. The first-order valence-electron chi connectivity index (χ1n) is 10.2. The average Bonchev–Trinajstić information content (AvgIpc) is 3.17. The van der Waals surface area contributed by atoms with Gasteiger partial charge in [0.2, 0.25) is 0 Å². The Morgan fingerprint density at radius 3 is 2.47 bits per heavy atom. The number of para-hydroxylation sites is 1. The van der Waals surface area contributed by atoms with Gasteiger partial charge in [-0.2, -0.15) is 0 Å². The van der Waals surface area contributed by atoms with Gasteiger partial charge >= 0.3 is 0 Å². The molecule has 0 unspecified atom stereocenters. The first-order valence-corrected chi connectivity index (χ1v) is 10.2. The van der Waals surface area contributed by atoms with Gasteiger partial charge in [0.05, 0.1) is 13.2 Å². The molecule has 2 amide bonds. The highest BCUT2D eigenvalue weighted by atomic mass is 16.5. The Balaban J connectivity index is 1.73. The molecule has 1 N–H and O–H groups in total. The summed E-state index contributed by atoms with van der Waals surface area (Å²) in [7, 11) is 0. The van der Waals surface area contributed by atoms with Crippen LogP contribution in [0.15, 0.2) is 66.5 Å². The molecule has 6 nitrogen and oxygen atoms in total. The van der Waals surface area contributed by atoms with Crippen molar-refractivity contribution in [1.82, 2.24) is 14.8 Å². The summed E-state index contributed by atoms with van der Waals surface area (Å²) < 4.78 is 7.51. The van der Waals surface area contributed by atoms with Crippen LogP contribution >= 0.6 is 0 Å². The maximum atomic E-state index is 13.3. The molecule has 6 heteroatoms. The summed E-state index contributed by atoms with van der Waals surface area (Å²) in [6.45, 7) is 4.91. The molecule has 0 radical (unpaired) electrons. The third-order valence-corrected chi connectivity index (χ3v) is 5.27. The van der Waals surface area contributed by atoms with Gasteiger partial charge in [0.25, 0.3) is 11.8 Å². The van der Waals surface area contributed by atoms with E-state index >= 15 is 0 Å². The minimum Gasteiger partial charge on any atom is -0.378 e. The standard InChI is InChI=1S/C24H25N3O3/c1-2-26-17-19(20-10-6-7-11-22(20)26)16-21(24(29)27-12-14-30-15-13-27)25-23(28)18-8-4-3-5-9-18/h3-11,16-17H,2,12-15H2,1H3,(H,25,28). The van der Waals surface area contributed by atoms with Crippen LogP contribution in [0.4, 0.5) is 0 Å². The number of hydrogen-bond acceptors (Lipinski definition) is 3. The molecule has 0 atom stereocenters. The summed E-state index contributed by atoms with van der Waals surface area (Å²) in [6, 6.07) is 17.0. The monoisotopic (exact) mass is 403 g/mol. The Morgan fingerprint density at radius 2 is 1.73 bits per heavy atom. The molecule has 2 aromatic carbocycles. The van der Waals surface area contributed by atoms with Crippen LogP contribution in [0.2, 0.25) is 0 Å². The van der Waals surface area contributed by atoms with E-state index in [-0.39, 0.29) is 17.5 Å². The molecule has 30 heavy (non-hydrogen) atoms. The molecule has 0 aliphatic carbocycles. The highest BCUT2D eigenvalue weighted by Gasteiger charge is 2.23. The SMILES string of the molecule is CCn1cc(C=C(NC(=O)c2ccccc2)C(=O)N2CCOCC2)c2ccccc21. The van der Waals surface area contributed by atoms with Gasteiger partial charge < -0.3 is 19.5 Å². The number of carbonyl (C=O) groups is 2. The summed E-state index contributed by atoms with van der Waals surface area (Å²) in [6.07, 6.45) is 3.80.